The minimum absolute atomic E-state index is 0.0304. The molecule has 5 heteroatoms. The molecule has 0 amide bonds. The van der Waals surface area contributed by atoms with E-state index in [-0.39, 0.29) is 11.1 Å². The summed E-state index contributed by atoms with van der Waals surface area (Å²) in [4.78, 5) is 3.47. The summed E-state index contributed by atoms with van der Waals surface area (Å²) in [5.41, 5.74) is -0.855. The largest absolute Gasteiger partial charge is 0.433 e. The van der Waals surface area contributed by atoms with Crippen molar-refractivity contribution in [3.63, 3.8) is 0 Å². The lowest BCUT2D eigenvalue weighted by Crippen LogP contribution is -2.12. The van der Waals surface area contributed by atoms with Crippen molar-refractivity contribution in [3.05, 3.63) is 29.6 Å². The van der Waals surface area contributed by atoms with Crippen LogP contribution < -0.4 is 0 Å². The van der Waals surface area contributed by atoms with Crippen molar-refractivity contribution >= 4 is 0 Å². The average Bonchev–Trinajstić information content (AvgIpc) is 2.24. The van der Waals surface area contributed by atoms with Gasteiger partial charge in [-0.2, -0.15) is 13.2 Å². The average molecular weight is 261 g/mol. The van der Waals surface area contributed by atoms with Gasteiger partial charge in [0.25, 0.3) is 0 Å². The Kier molecular flexibility index (Phi) is 4.37. The second kappa shape index (κ2) is 5.26. The molecule has 0 aliphatic rings. The number of hydrogen-bond acceptors (Lipinski definition) is 2. The van der Waals surface area contributed by atoms with Crippen LogP contribution in [0.4, 0.5) is 13.2 Å². The minimum Gasteiger partial charge on any atom is -0.387 e. The molecule has 1 aromatic rings. The van der Waals surface area contributed by atoms with E-state index in [1.165, 1.54) is 12.1 Å². The van der Waals surface area contributed by atoms with Gasteiger partial charge in [-0.3, -0.25) is 0 Å². The van der Waals surface area contributed by atoms with Crippen molar-refractivity contribution in [1.82, 2.24) is 4.98 Å². The van der Waals surface area contributed by atoms with Gasteiger partial charge in [-0.25, -0.2) is 4.98 Å². The van der Waals surface area contributed by atoms with Crippen molar-refractivity contribution in [2.75, 3.05) is 0 Å². The van der Waals surface area contributed by atoms with Crippen LogP contribution in [0.5, 0.6) is 0 Å². The van der Waals surface area contributed by atoms with E-state index in [4.69, 9.17) is 0 Å². The summed E-state index contributed by atoms with van der Waals surface area (Å²) in [6.07, 6.45) is -4.31. The fourth-order valence-corrected chi connectivity index (χ4v) is 1.51. The lowest BCUT2D eigenvalue weighted by Gasteiger charge is -2.20. The first-order chi connectivity index (χ1) is 8.09. The molecule has 1 heterocycles. The van der Waals surface area contributed by atoms with Gasteiger partial charge in [0.1, 0.15) is 5.69 Å². The second-order valence-electron chi connectivity index (χ2n) is 5.56. The molecule has 0 bridgehead atoms. The van der Waals surface area contributed by atoms with Crippen LogP contribution >= 0.6 is 0 Å². The molecule has 2 nitrogen and oxygen atoms in total. The van der Waals surface area contributed by atoms with Crippen LogP contribution in [0.3, 0.4) is 0 Å². The van der Waals surface area contributed by atoms with Crippen LogP contribution in [0.25, 0.3) is 0 Å². The Labute approximate surface area is 105 Å². The van der Waals surface area contributed by atoms with E-state index in [1.54, 1.807) is 0 Å². The van der Waals surface area contributed by atoms with Gasteiger partial charge in [-0.15, -0.1) is 0 Å². The zero-order valence-corrected chi connectivity index (χ0v) is 10.8. The zero-order chi connectivity index (χ0) is 14.0. The molecule has 0 saturated carbocycles. The van der Waals surface area contributed by atoms with Crippen LogP contribution in [0.2, 0.25) is 0 Å². The van der Waals surface area contributed by atoms with Crippen molar-refractivity contribution in [2.45, 2.75) is 45.9 Å². The van der Waals surface area contributed by atoms with E-state index in [9.17, 15) is 18.3 Å². The van der Waals surface area contributed by atoms with Gasteiger partial charge in [-0.1, -0.05) is 26.8 Å². The Morgan fingerprint density at radius 3 is 2.33 bits per heavy atom. The standard InChI is InChI=1S/C13H18F3NO/c1-12(2,3)8-7-10(18)9-5-4-6-11(17-9)13(14,15)16/h4-6,10,18H,7-8H2,1-3H3. The van der Waals surface area contributed by atoms with E-state index < -0.39 is 18.0 Å². The molecule has 0 spiro atoms. The molecule has 1 N–H and O–H groups in total. The Morgan fingerprint density at radius 2 is 1.83 bits per heavy atom. The molecule has 0 aliphatic carbocycles. The SMILES string of the molecule is CC(C)(C)CCC(O)c1cccc(C(F)(F)F)n1. The molecule has 0 fully saturated rings. The highest BCUT2D eigenvalue weighted by Gasteiger charge is 2.32. The summed E-state index contributed by atoms with van der Waals surface area (Å²) in [7, 11) is 0. The maximum Gasteiger partial charge on any atom is 0.433 e. The molecule has 0 aliphatic heterocycles. The van der Waals surface area contributed by atoms with Crippen LogP contribution in [0, 0.1) is 5.41 Å². The molecule has 1 aromatic heterocycles. The van der Waals surface area contributed by atoms with Gasteiger partial charge in [0, 0.05) is 0 Å². The summed E-state index contributed by atoms with van der Waals surface area (Å²) < 4.78 is 37.4. The van der Waals surface area contributed by atoms with Gasteiger partial charge < -0.3 is 5.11 Å². The highest BCUT2D eigenvalue weighted by Crippen LogP contribution is 2.30. The van der Waals surface area contributed by atoms with E-state index >= 15 is 0 Å². The smallest absolute Gasteiger partial charge is 0.387 e. The molecule has 18 heavy (non-hydrogen) atoms. The Hall–Kier alpha value is -1.10. The van der Waals surface area contributed by atoms with Gasteiger partial charge in [0.2, 0.25) is 0 Å². The fourth-order valence-electron chi connectivity index (χ4n) is 1.51. The van der Waals surface area contributed by atoms with Crippen LogP contribution in [0.15, 0.2) is 18.2 Å². The van der Waals surface area contributed by atoms with Crippen molar-refractivity contribution in [3.8, 4) is 0 Å². The van der Waals surface area contributed by atoms with E-state index in [0.29, 0.717) is 12.8 Å². The summed E-state index contributed by atoms with van der Waals surface area (Å²) in [5.74, 6) is 0. The summed E-state index contributed by atoms with van der Waals surface area (Å²) in [6, 6.07) is 3.59. The maximum atomic E-state index is 12.5. The highest BCUT2D eigenvalue weighted by atomic mass is 19.4. The molecule has 1 atom stereocenters. The van der Waals surface area contributed by atoms with Crippen LogP contribution in [-0.2, 0) is 6.18 Å². The number of alkyl halides is 3. The van der Waals surface area contributed by atoms with Crippen LogP contribution in [0.1, 0.15) is 51.1 Å². The van der Waals surface area contributed by atoms with E-state index in [2.05, 4.69) is 4.98 Å². The molecule has 0 radical (unpaired) electrons. The first-order valence-corrected chi connectivity index (χ1v) is 5.82. The predicted molar refractivity (Wildman–Crippen MR) is 62.9 cm³/mol. The number of aliphatic hydroxyl groups is 1. The first kappa shape index (κ1) is 15.0. The maximum absolute atomic E-state index is 12.5. The third kappa shape index (κ3) is 4.64. The number of halogens is 3. The number of nitrogens with zero attached hydrogens (tertiary/aromatic N) is 1. The van der Waals surface area contributed by atoms with Gasteiger partial charge in [0.05, 0.1) is 11.8 Å². The Balaban J connectivity index is 2.78. The van der Waals surface area contributed by atoms with E-state index in [0.717, 1.165) is 6.07 Å². The predicted octanol–water partition coefficient (Wildman–Crippen LogP) is 3.96. The Bertz CT molecular complexity index is 396. The van der Waals surface area contributed by atoms with Crippen molar-refractivity contribution < 1.29 is 18.3 Å². The third-order valence-corrected chi connectivity index (χ3v) is 2.57. The molecule has 0 saturated heterocycles. The number of hydrogen-bond donors (Lipinski definition) is 1. The quantitative estimate of drug-likeness (QED) is 0.893. The number of pyridine rings is 1. The molecule has 1 rings (SSSR count). The molecular formula is C13H18F3NO. The number of aromatic nitrogens is 1. The molecular weight excluding hydrogens is 243 g/mol. The summed E-state index contributed by atoms with van der Waals surface area (Å²) >= 11 is 0. The van der Waals surface area contributed by atoms with Gasteiger partial charge in [0.15, 0.2) is 0 Å². The van der Waals surface area contributed by atoms with Gasteiger partial charge in [-0.05, 0) is 30.4 Å². The van der Waals surface area contributed by atoms with Crippen molar-refractivity contribution in [2.24, 2.45) is 5.41 Å². The lowest BCUT2D eigenvalue weighted by molar-refractivity contribution is -0.141. The summed E-state index contributed by atoms with van der Waals surface area (Å²) in [6.45, 7) is 6.04. The highest BCUT2D eigenvalue weighted by molar-refractivity contribution is 5.15. The first-order valence-electron chi connectivity index (χ1n) is 5.82. The van der Waals surface area contributed by atoms with Gasteiger partial charge >= 0.3 is 6.18 Å². The number of aliphatic hydroxyl groups excluding tert-OH is 1. The molecule has 102 valence electrons. The zero-order valence-electron chi connectivity index (χ0n) is 10.8. The third-order valence-electron chi connectivity index (χ3n) is 2.57. The summed E-state index contributed by atoms with van der Waals surface area (Å²) in [5, 5.41) is 9.84. The Morgan fingerprint density at radius 1 is 1.22 bits per heavy atom. The number of rotatable bonds is 3. The fraction of sp³-hybridized carbons (Fsp3) is 0.615. The molecule has 1 unspecified atom stereocenters. The normalized spacial score (nSPS) is 14.6. The topological polar surface area (TPSA) is 33.1 Å². The van der Waals surface area contributed by atoms with Crippen molar-refractivity contribution in [1.29, 1.82) is 0 Å². The molecule has 0 aromatic carbocycles. The van der Waals surface area contributed by atoms with E-state index in [1.807, 2.05) is 20.8 Å². The monoisotopic (exact) mass is 261 g/mol. The second-order valence-corrected chi connectivity index (χ2v) is 5.56. The van der Waals surface area contributed by atoms with Crippen LogP contribution in [-0.4, -0.2) is 10.1 Å². The lowest BCUT2D eigenvalue weighted by atomic mass is 9.89. The minimum atomic E-state index is -4.47.